The molecule has 0 amide bonds. The number of hydrogen-bond acceptors (Lipinski definition) is 3. The first-order chi connectivity index (χ1) is 8.24. The van der Waals surface area contributed by atoms with E-state index < -0.39 is 21.6 Å². The van der Waals surface area contributed by atoms with E-state index in [9.17, 15) is 13.2 Å². The summed E-state index contributed by atoms with van der Waals surface area (Å²) in [7, 11) is -3.72. The van der Waals surface area contributed by atoms with E-state index in [0.717, 1.165) is 5.56 Å². The lowest BCUT2D eigenvalue weighted by Gasteiger charge is -2.16. The van der Waals surface area contributed by atoms with Crippen molar-refractivity contribution in [2.45, 2.75) is 31.6 Å². The Labute approximate surface area is 108 Å². The predicted octanol–water partition coefficient (Wildman–Crippen LogP) is 2.30. The van der Waals surface area contributed by atoms with Crippen molar-refractivity contribution in [1.29, 1.82) is 0 Å². The van der Waals surface area contributed by atoms with Gasteiger partial charge in [-0.1, -0.05) is 32.9 Å². The van der Waals surface area contributed by atoms with Gasteiger partial charge in [-0.25, -0.2) is 8.42 Å². The molecule has 0 heterocycles. The molecule has 0 aliphatic heterocycles. The second-order valence-electron chi connectivity index (χ2n) is 4.75. The Morgan fingerprint density at radius 3 is 2.06 bits per heavy atom. The van der Waals surface area contributed by atoms with Gasteiger partial charge in [0.15, 0.2) is 15.6 Å². The maximum Gasteiger partial charge on any atom is 0.319 e. The Bertz CT molecular complexity index is 514. The average molecular weight is 270 g/mol. The normalized spacial score (nSPS) is 13.6. The molecule has 0 fully saturated rings. The molecular weight excluding hydrogens is 252 g/mol. The van der Waals surface area contributed by atoms with Gasteiger partial charge in [-0.15, -0.1) is 0 Å². The maximum atomic E-state index is 11.7. The lowest BCUT2D eigenvalue weighted by Crippen LogP contribution is -2.15. The zero-order chi connectivity index (χ0) is 13.9. The summed E-state index contributed by atoms with van der Waals surface area (Å²) in [5.74, 6) is -1.41. The van der Waals surface area contributed by atoms with Crippen LogP contribution in [-0.2, 0) is 14.6 Å². The third kappa shape index (κ3) is 3.57. The summed E-state index contributed by atoms with van der Waals surface area (Å²) < 4.78 is 23.4. The number of carboxylic acids is 1. The first-order valence-corrected chi connectivity index (χ1v) is 7.44. The monoisotopic (exact) mass is 270 g/mol. The highest BCUT2D eigenvalue weighted by molar-refractivity contribution is 7.92. The van der Waals surface area contributed by atoms with Gasteiger partial charge in [0.2, 0.25) is 0 Å². The third-order valence-corrected chi connectivity index (χ3v) is 4.70. The van der Waals surface area contributed by atoms with Crippen LogP contribution >= 0.6 is 0 Å². The quantitative estimate of drug-likeness (QED) is 0.891. The fraction of sp³-hybridized carbons (Fsp3) is 0.462. The molecule has 0 aromatic heterocycles. The topological polar surface area (TPSA) is 71.4 Å². The zero-order valence-corrected chi connectivity index (χ0v) is 11.6. The SMILES string of the molecule is CC(C)C(C)c1ccc(S(=O)(=O)CC(=O)O)cc1. The molecule has 1 N–H and O–H groups in total. The van der Waals surface area contributed by atoms with Crippen LogP contribution in [0.3, 0.4) is 0 Å². The van der Waals surface area contributed by atoms with E-state index in [0.29, 0.717) is 11.8 Å². The molecule has 4 nitrogen and oxygen atoms in total. The maximum absolute atomic E-state index is 11.7. The molecule has 1 aromatic rings. The van der Waals surface area contributed by atoms with Gasteiger partial charge < -0.3 is 5.11 Å². The molecule has 0 spiro atoms. The molecular formula is C13H18O4S. The molecule has 0 radical (unpaired) electrons. The van der Waals surface area contributed by atoms with Crippen molar-refractivity contribution >= 4 is 15.8 Å². The highest BCUT2D eigenvalue weighted by Gasteiger charge is 2.19. The summed E-state index contributed by atoms with van der Waals surface area (Å²) in [5, 5.41) is 8.55. The Kier molecular flexibility index (Phi) is 4.51. The molecule has 1 unspecified atom stereocenters. The lowest BCUT2D eigenvalue weighted by molar-refractivity contribution is -0.134. The Morgan fingerprint density at radius 1 is 1.17 bits per heavy atom. The number of rotatable bonds is 5. The minimum absolute atomic E-state index is 0.0598. The highest BCUT2D eigenvalue weighted by Crippen LogP contribution is 2.24. The van der Waals surface area contributed by atoms with E-state index in [1.54, 1.807) is 12.1 Å². The predicted molar refractivity (Wildman–Crippen MR) is 69.4 cm³/mol. The Balaban J connectivity index is 3.00. The average Bonchev–Trinajstić information content (AvgIpc) is 2.26. The van der Waals surface area contributed by atoms with Gasteiger partial charge >= 0.3 is 5.97 Å². The van der Waals surface area contributed by atoms with Gasteiger partial charge in [0, 0.05) is 0 Å². The van der Waals surface area contributed by atoms with Crippen molar-refractivity contribution < 1.29 is 18.3 Å². The summed E-state index contributed by atoms with van der Waals surface area (Å²) in [4.78, 5) is 10.5. The van der Waals surface area contributed by atoms with Crippen molar-refractivity contribution in [2.75, 3.05) is 5.75 Å². The van der Waals surface area contributed by atoms with Crippen LogP contribution in [0, 0.1) is 5.92 Å². The van der Waals surface area contributed by atoms with Gasteiger partial charge in [-0.05, 0) is 29.5 Å². The molecule has 0 aliphatic rings. The second kappa shape index (κ2) is 5.52. The van der Waals surface area contributed by atoms with E-state index in [-0.39, 0.29) is 4.90 Å². The minimum atomic E-state index is -3.72. The lowest BCUT2D eigenvalue weighted by atomic mass is 9.90. The number of benzene rings is 1. The van der Waals surface area contributed by atoms with Crippen LogP contribution in [0.25, 0.3) is 0 Å². The number of aliphatic carboxylic acids is 1. The largest absolute Gasteiger partial charge is 0.480 e. The van der Waals surface area contributed by atoms with Crippen LogP contribution in [0.15, 0.2) is 29.2 Å². The van der Waals surface area contributed by atoms with E-state index in [4.69, 9.17) is 5.11 Å². The molecule has 5 heteroatoms. The summed E-state index contributed by atoms with van der Waals surface area (Å²) in [6.45, 7) is 6.27. The molecule has 1 rings (SSSR count). The molecule has 100 valence electrons. The molecule has 0 saturated carbocycles. The summed E-state index contributed by atoms with van der Waals surface area (Å²) in [5.41, 5.74) is 1.05. The van der Waals surface area contributed by atoms with Crippen molar-refractivity contribution in [3.05, 3.63) is 29.8 Å². The molecule has 0 saturated heterocycles. The van der Waals surface area contributed by atoms with Crippen LogP contribution in [0.4, 0.5) is 0 Å². The van der Waals surface area contributed by atoms with Crippen LogP contribution in [-0.4, -0.2) is 25.2 Å². The van der Waals surface area contributed by atoms with Crippen LogP contribution in [0.5, 0.6) is 0 Å². The van der Waals surface area contributed by atoms with Crippen LogP contribution in [0.1, 0.15) is 32.3 Å². The number of carboxylic acid groups (broad SMARTS) is 1. The van der Waals surface area contributed by atoms with Gasteiger partial charge in [-0.3, -0.25) is 4.79 Å². The van der Waals surface area contributed by atoms with E-state index >= 15 is 0 Å². The Morgan fingerprint density at radius 2 is 1.67 bits per heavy atom. The molecule has 18 heavy (non-hydrogen) atoms. The Hall–Kier alpha value is -1.36. The van der Waals surface area contributed by atoms with Gasteiger partial charge in [0.25, 0.3) is 0 Å². The van der Waals surface area contributed by atoms with Gasteiger partial charge in [-0.2, -0.15) is 0 Å². The number of carbonyl (C=O) groups is 1. The molecule has 0 bridgehead atoms. The van der Waals surface area contributed by atoms with Crippen molar-refractivity contribution in [1.82, 2.24) is 0 Å². The molecule has 0 aliphatic carbocycles. The fourth-order valence-electron chi connectivity index (χ4n) is 1.61. The smallest absolute Gasteiger partial charge is 0.319 e. The minimum Gasteiger partial charge on any atom is -0.480 e. The first kappa shape index (κ1) is 14.7. The summed E-state index contributed by atoms with van der Waals surface area (Å²) in [6.07, 6.45) is 0. The molecule has 1 atom stereocenters. The van der Waals surface area contributed by atoms with E-state index in [2.05, 4.69) is 20.8 Å². The molecule has 1 aromatic carbocycles. The zero-order valence-electron chi connectivity index (χ0n) is 10.8. The second-order valence-corrected chi connectivity index (χ2v) is 6.74. The van der Waals surface area contributed by atoms with Crippen molar-refractivity contribution in [3.63, 3.8) is 0 Å². The fourth-order valence-corrected chi connectivity index (χ4v) is 2.65. The number of sulfone groups is 1. The standard InChI is InChI=1S/C13H18O4S/c1-9(2)10(3)11-4-6-12(7-5-11)18(16,17)8-13(14)15/h4-7,9-10H,8H2,1-3H3,(H,14,15). The summed E-state index contributed by atoms with van der Waals surface area (Å²) in [6, 6.07) is 6.46. The summed E-state index contributed by atoms with van der Waals surface area (Å²) >= 11 is 0. The van der Waals surface area contributed by atoms with E-state index in [1.807, 2.05) is 0 Å². The van der Waals surface area contributed by atoms with Crippen molar-refractivity contribution in [2.24, 2.45) is 5.92 Å². The van der Waals surface area contributed by atoms with Crippen LogP contribution < -0.4 is 0 Å². The third-order valence-electron chi connectivity index (χ3n) is 3.08. The van der Waals surface area contributed by atoms with Gasteiger partial charge in [0.05, 0.1) is 4.90 Å². The highest BCUT2D eigenvalue weighted by atomic mass is 32.2. The van der Waals surface area contributed by atoms with Crippen molar-refractivity contribution in [3.8, 4) is 0 Å². The first-order valence-electron chi connectivity index (χ1n) is 5.78. The number of hydrogen-bond donors (Lipinski definition) is 1. The van der Waals surface area contributed by atoms with Crippen LogP contribution in [0.2, 0.25) is 0 Å². The van der Waals surface area contributed by atoms with E-state index in [1.165, 1.54) is 12.1 Å². The van der Waals surface area contributed by atoms with Gasteiger partial charge in [0.1, 0.15) is 0 Å².